The molecule has 0 unspecified atom stereocenters. The molecular formula is C31H38N8O. The molecule has 0 aliphatic carbocycles. The number of pyridine rings is 2. The number of likely N-dealkylation sites (tertiary alicyclic amines) is 1. The maximum Gasteiger partial charge on any atom is 0.251 e. The van der Waals surface area contributed by atoms with Crippen LogP contribution in [0.1, 0.15) is 42.6 Å². The van der Waals surface area contributed by atoms with Gasteiger partial charge in [-0.05, 0) is 62.0 Å². The molecular weight excluding hydrogens is 500 g/mol. The van der Waals surface area contributed by atoms with E-state index in [2.05, 4.69) is 66.8 Å². The molecule has 1 amide bonds. The highest BCUT2D eigenvalue weighted by atomic mass is 16.1. The van der Waals surface area contributed by atoms with Crippen molar-refractivity contribution in [3.8, 4) is 11.3 Å². The number of aromatic nitrogens is 4. The van der Waals surface area contributed by atoms with Gasteiger partial charge in [-0.25, -0.2) is 15.0 Å². The molecule has 2 atom stereocenters. The lowest BCUT2D eigenvalue weighted by molar-refractivity contribution is 0.0964. The number of hydrogen-bond acceptors (Lipinski definition) is 8. The Morgan fingerprint density at radius 3 is 2.77 bits per heavy atom. The Morgan fingerprint density at radius 1 is 1.07 bits per heavy atom. The number of rotatable bonds is 11. The van der Waals surface area contributed by atoms with Gasteiger partial charge in [0.1, 0.15) is 18.0 Å². The molecule has 1 fully saturated rings. The quantitative estimate of drug-likeness (QED) is 0.254. The smallest absolute Gasteiger partial charge is 0.251 e. The van der Waals surface area contributed by atoms with E-state index in [0.29, 0.717) is 17.5 Å². The van der Waals surface area contributed by atoms with Crippen molar-refractivity contribution in [3.63, 3.8) is 0 Å². The molecule has 9 heteroatoms. The fourth-order valence-corrected chi connectivity index (χ4v) is 5.49. The van der Waals surface area contributed by atoms with E-state index in [0.717, 1.165) is 65.4 Å². The van der Waals surface area contributed by atoms with E-state index in [-0.39, 0.29) is 5.91 Å². The minimum atomic E-state index is -0.104. The van der Waals surface area contributed by atoms with Crippen molar-refractivity contribution in [2.45, 2.75) is 39.2 Å². The Kier molecular flexibility index (Phi) is 8.81. The third-order valence-corrected chi connectivity index (χ3v) is 7.68. The van der Waals surface area contributed by atoms with Crippen molar-refractivity contribution in [2.75, 3.05) is 43.9 Å². The van der Waals surface area contributed by atoms with Crippen LogP contribution in [0.3, 0.4) is 0 Å². The SMILES string of the molecule is CCN1CCC[C@@H]1CNc1ccc(-c2cc(NC[C@@H](C)Cc3cccc4c(C(=O)NC)ccnc34)ncn2)cn1. The molecule has 9 nitrogen and oxygen atoms in total. The number of hydrogen-bond donors (Lipinski definition) is 3. The third-order valence-electron chi connectivity index (χ3n) is 7.68. The van der Waals surface area contributed by atoms with Crippen LogP contribution < -0.4 is 16.0 Å². The first-order valence-electron chi connectivity index (χ1n) is 14.1. The standard InChI is InChI=1S/C31H38N8O/c1-4-39-14-6-8-24(39)19-36-28-11-10-23(18-35-28)27-16-29(38-20-37-27)34-17-21(2)15-22-7-5-9-25-26(31(40)32-3)12-13-33-30(22)25/h5,7,9-13,16,18,20-21,24H,4,6,8,14-15,17,19H2,1-3H3,(H,32,40)(H,35,36)(H,34,37,38)/t21-,24+/m0/s1. The van der Waals surface area contributed by atoms with Crippen LogP contribution in [0.15, 0.2) is 61.2 Å². The van der Waals surface area contributed by atoms with E-state index >= 15 is 0 Å². The summed E-state index contributed by atoms with van der Waals surface area (Å²) in [6, 6.07) is 14.4. The minimum absolute atomic E-state index is 0.104. The number of carbonyl (C=O) groups excluding carboxylic acids is 1. The Labute approximate surface area is 235 Å². The number of fused-ring (bicyclic) bond motifs is 1. The van der Waals surface area contributed by atoms with Crippen LogP contribution in [-0.2, 0) is 6.42 Å². The van der Waals surface area contributed by atoms with Crippen LogP contribution >= 0.6 is 0 Å². The first-order valence-corrected chi connectivity index (χ1v) is 14.1. The van der Waals surface area contributed by atoms with Crippen LogP contribution in [-0.4, -0.2) is 70.0 Å². The molecule has 1 aromatic carbocycles. The number of para-hydroxylation sites is 1. The van der Waals surface area contributed by atoms with Crippen molar-refractivity contribution in [2.24, 2.45) is 5.92 Å². The third kappa shape index (κ3) is 6.37. The van der Waals surface area contributed by atoms with Gasteiger partial charge in [0.15, 0.2) is 0 Å². The van der Waals surface area contributed by atoms with E-state index in [1.54, 1.807) is 25.6 Å². The lowest BCUT2D eigenvalue weighted by Crippen LogP contribution is -2.34. The van der Waals surface area contributed by atoms with Crippen LogP contribution in [0, 0.1) is 5.92 Å². The van der Waals surface area contributed by atoms with Gasteiger partial charge in [-0.1, -0.05) is 32.0 Å². The predicted octanol–water partition coefficient (Wildman–Crippen LogP) is 4.63. The summed E-state index contributed by atoms with van der Waals surface area (Å²) >= 11 is 0. The van der Waals surface area contributed by atoms with Gasteiger partial charge in [0.2, 0.25) is 0 Å². The molecule has 0 spiro atoms. The lowest BCUT2D eigenvalue weighted by atomic mass is 9.97. The van der Waals surface area contributed by atoms with Crippen molar-refractivity contribution < 1.29 is 4.79 Å². The van der Waals surface area contributed by atoms with E-state index in [9.17, 15) is 4.79 Å². The predicted molar refractivity (Wildman–Crippen MR) is 161 cm³/mol. The van der Waals surface area contributed by atoms with E-state index in [1.807, 2.05) is 30.5 Å². The topological polar surface area (TPSA) is 108 Å². The summed E-state index contributed by atoms with van der Waals surface area (Å²) in [7, 11) is 1.64. The minimum Gasteiger partial charge on any atom is -0.370 e. The number of anilines is 2. The summed E-state index contributed by atoms with van der Waals surface area (Å²) in [5, 5.41) is 10.5. The fourth-order valence-electron chi connectivity index (χ4n) is 5.49. The van der Waals surface area contributed by atoms with Gasteiger partial charge in [-0.2, -0.15) is 0 Å². The van der Waals surface area contributed by atoms with Gasteiger partial charge in [-0.15, -0.1) is 0 Å². The second kappa shape index (κ2) is 12.8. The van der Waals surface area contributed by atoms with Crippen molar-refractivity contribution >= 4 is 28.4 Å². The lowest BCUT2D eigenvalue weighted by Gasteiger charge is -2.23. The summed E-state index contributed by atoms with van der Waals surface area (Å²) in [6.45, 7) is 8.37. The second-order valence-corrected chi connectivity index (χ2v) is 10.5. The molecule has 3 aromatic heterocycles. The molecule has 0 bridgehead atoms. The maximum atomic E-state index is 12.3. The number of likely N-dealkylation sites (N-methyl/N-ethyl adjacent to an activating group) is 1. The van der Waals surface area contributed by atoms with Crippen LogP contribution in [0.2, 0.25) is 0 Å². The summed E-state index contributed by atoms with van der Waals surface area (Å²) < 4.78 is 0. The Bertz CT molecular complexity index is 1440. The second-order valence-electron chi connectivity index (χ2n) is 10.5. The highest BCUT2D eigenvalue weighted by Gasteiger charge is 2.22. The van der Waals surface area contributed by atoms with Gasteiger partial charge >= 0.3 is 0 Å². The molecule has 0 saturated carbocycles. The molecule has 4 aromatic rings. The Morgan fingerprint density at radius 2 is 1.98 bits per heavy atom. The molecule has 1 aliphatic rings. The zero-order valence-electron chi connectivity index (χ0n) is 23.5. The summed E-state index contributed by atoms with van der Waals surface area (Å²) in [5.41, 5.74) is 4.42. The number of benzene rings is 1. The van der Waals surface area contributed by atoms with Crippen LogP contribution in [0.25, 0.3) is 22.2 Å². The zero-order valence-corrected chi connectivity index (χ0v) is 23.5. The van der Waals surface area contributed by atoms with Gasteiger partial charge in [0, 0.05) is 55.6 Å². The Hall–Kier alpha value is -4.11. The van der Waals surface area contributed by atoms with Crippen molar-refractivity contribution in [3.05, 3.63) is 72.3 Å². The first kappa shape index (κ1) is 27.5. The molecule has 1 saturated heterocycles. The first-order chi connectivity index (χ1) is 19.6. The molecule has 0 radical (unpaired) electrons. The van der Waals surface area contributed by atoms with Gasteiger partial charge < -0.3 is 16.0 Å². The molecule has 3 N–H and O–H groups in total. The number of amides is 1. The van der Waals surface area contributed by atoms with Crippen molar-refractivity contribution in [1.29, 1.82) is 0 Å². The Balaban J connectivity index is 1.19. The largest absolute Gasteiger partial charge is 0.370 e. The van der Waals surface area contributed by atoms with E-state index in [4.69, 9.17) is 0 Å². The van der Waals surface area contributed by atoms with E-state index < -0.39 is 0 Å². The number of nitrogens with zero attached hydrogens (tertiary/aromatic N) is 5. The maximum absolute atomic E-state index is 12.3. The normalized spacial score (nSPS) is 16.1. The monoisotopic (exact) mass is 538 g/mol. The molecule has 4 heterocycles. The van der Waals surface area contributed by atoms with Crippen molar-refractivity contribution in [1.82, 2.24) is 30.2 Å². The van der Waals surface area contributed by atoms with Gasteiger partial charge in [-0.3, -0.25) is 14.7 Å². The van der Waals surface area contributed by atoms with Gasteiger partial charge in [0.05, 0.1) is 16.8 Å². The zero-order chi connectivity index (χ0) is 27.9. The molecule has 5 rings (SSSR count). The van der Waals surface area contributed by atoms with E-state index in [1.165, 1.54) is 19.4 Å². The summed E-state index contributed by atoms with van der Waals surface area (Å²) in [5.74, 6) is 1.87. The molecule has 208 valence electrons. The highest BCUT2D eigenvalue weighted by molar-refractivity contribution is 6.06. The van der Waals surface area contributed by atoms with Crippen LogP contribution in [0.5, 0.6) is 0 Å². The molecule has 40 heavy (non-hydrogen) atoms. The fraction of sp³-hybridized carbons (Fsp3) is 0.387. The number of nitrogens with one attached hydrogen (secondary N) is 3. The average molecular weight is 539 g/mol. The number of carbonyl (C=O) groups is 1. The van der Waals surface area contributed by atoms with Crippen LogP contribution in [0.4, 0.5) is 11.6 Å². The van der Waals surface area contributed by atoms with Gasteiger partial charge in [0.25, 0.3) is 5.91 Å². The summed E-state index contributed by atoms with van der Waals surface area (Å²) in [4.78, 5) is 32.9. The summed E-state index contributed by atoms with van der Waals surface area (Å²) in [6.07, 6.45) is 8.49. The average Bonchev–Trinajstić information content (AvgIpc) is 3.46. The molecule has 1 aliphatic heterocycles. The highest BCUT2D eigenvalue weighted by Crippen LogP contribution is 2.24.